The number of nitrogens with two attached hydrogens (primary N) is 1. The lowest BCUT2D eigenvalue weighted by Crippen LogP contribution is -2.43. The highest BCUT2D eigenvalue weighted by Gasteiger charge is 2.19. The molecule has 2 rings (SSSR count). The molecule has 1 heterocycles. The molecular formula is C15H24N4. The number of nitrogens with zero attached hydrogens (tertiary/aromatic N) is 2. The number of pyridine rings is 1. The third-order valence-electron chi connectivity index (χ3n) is 3.59. The summed E-state index contributed by atoms with van der Waals surface area (Å²) in [5, 5.41) is 3.25. The van der Waals surface area contributed by atoms with Crippen LogP contribution in [-0.2, 0) is 12.0 Å². The molecule has 0 radical (unpaired) electrons. The van der Waals surface area contributed by atoms with Crippen molar-refractivity contribution in [1.29, 1.82) is 0 Å². The summed E-state index contributed by atoms with van der Waals surface area (Å²) in [4.78, 5) is 8.63. The predicted octanol–water partition coefficient (Wildman–Crippen LogP) is 2.34. The van der Waals surface area contributed by atoms with E-state index in [1.165, 1.54) is 24.8 Å². The molecule has 1 aromatic rings. The van der Waals surface area contributed by atoms with E-state index in [4.69, 9.17) is 5.73 Å². The van der Waals surface area contributed by atoms with Gasteiger partial charge in [0.1, 0.15) is 0 Å². The van der Waals surface area contributed by atoms with Gasteiger partial charge in [0.15, 0.2) is 5.96 Å². The number of aliphatic imine (C=N–C) groups is 1. The highest BCUT2D eigenvalue weighted by Crippen LogP contribution is 2.25. The van der Waals surface area contributed by atoms with Gasteiger partial charge in [-0.1, -0.05) is 20.8 Å². The number of nitrogens with one attached hydrogen (secondary N) is 1. The minimum atomic E-state index is 0.101. The van der Waals surface area contributed by atoms with Crippen molar-refractivity contribution in [2.45, 2.75) is 58.0 Å². The zero-order chi connectivity index (χ0) is 13.9. The molecule has 0 amide bonds. The number of guanidine groups is 1. The van der Waals surface area contributed by atoms with Crippen LogP contribution in [0.15, 0.2) is 23.5 Å². The topological polar surface area (TPSA) is 63.3 Å². The van der Waals surface area contributed by atoms with Gasteiger partial charge in [0, 0.05) is 18.4 Å². The zero-order valence-corrected chi connectivity index (χ0v) is 12.1. The molecule has 1 fully saturated rings. The van der Waals surface area contributed by atoms with Crippen LogP contribution in [0.2, 0.25) is 0 Å². The molecular weight excluding hydrogens is 236 g/mol. The fraction of sp³-hybridized carbons (Fsp3) is 0.600. The maximum absolute atomic E-state index is 5.91. The Kier molecular flexibility index (Phi) is 4.08. The average Bonchev–Trinajstić information content (AvgIpc) is 2.30. The maximum Gasteiger partial charge on any atom is 0.189 e. The lowest BCUT2D eigenvalue weighted by atomic mass is 9.85. The molecule has 3 N–H and O–H groups in total. The van der Waals surface area contributed by atoms with Gasteiger partial charge in [0.05, 0.1) is 6.54 Å². The number of rotatable bonds is 3. The third kappa shape index (κ3) is 3.69. The van der Waals surface area contributed by atoms with E-state index in [1.807, 2.05) is 12.4 Å². The van der Waals surface area contributed by atoms with E-state index >= 15 is 0 Å². The number of aromatic nitrogens is 1. The Morgan fingerprint density at radius 3 is 2.79 bits per heavy atom. The van der Waals surface area contributed by atoms with E-state index in [0.717, 1.165) is 5.56 Å². The Hall–Kier alpha value is -1.58. The van der Waals surface area contributed by atoms with Crippen molar-refractivity contribution in [1.82, 2.24) is 10.3 Å². The van der Waals surface area contributed by atoms with Gasteiger partial charge < -0.3 is 11.1 Å². The van der Waals surface area contributed by atoms with E-state index in [9.17, 15) is 0 Å². The van der Waals surface area contributed by atoms with Crippen LogP contribution in [0.1, 0.15) is 51.2 Å². The van der Waals surface area contributed by atoms with Crippen molar-refractivity contribution in [2.24, 2.45) is 10.7 Å². The fourth-order valence-corrected chi connectivity index (χ4v) is 2.26. The van der Waals surface area contributed by atoms with Crippen LogP contribution in [0.5, 0.6) is 0 Å². The molecule has 0 spiro atoms. The van der Waals surface area contributed by atoms with Gasteiger partial charge in [-0.3, -0.25) is 4.98 Å². The molecule has 0 saturated heterocycles. The van der Waals surface area contributed by atoms with Crippen molar-refractivity contribution >= 4 is 5.96 Å². The summed E-state index contributed by atoms with van der Waals surface area (Å²) in [6, 6.07) is 2.60. The van der Waals surface area contributed by atoms with Gasteiger partial charge in [-0.25, -0.2) is 4.99 Å². The van der Waals surface area contributed by atoms with Crippen LogP contribution >= 0.6 is 0 Å². The Morgan fingerprint density at radius 2 is 2.21 bits per heavy atom. The van der Waals surface area contributed by atoms with Gasteiger partial charge in [-0.05, 0) is 41.9 Å². The first-order valence-electron chi connectivity index (χ1n) is 6.96. The minimum absolute atomic E-state index is 0.101. The smallest absolute Gasteiger partial charge is 0.189 e. The highest BCUT2D eigenvalue weighted by molar-refractivity contribution is 5.78. The van der Waals surface area contributed by atoms with E-state index < -0.39 is 0 Å². The molecule has 0 bridgehead atoms. The molecule has 1 aliphatic carbocycles. The molecule has 1 aliphatic rings. The normalized spacial score (nSPS) is 17.1. The summed E-state index contributed by atoms with van der Waals surface area (Å²) in [6.45, 7) is 7.19. The molecule has 4 heteroatoms. The van der Waals surface area contributed by atoms with E-state index in [1.54, 1.807) is 0 Å². The minimum Gasteiger partial charge on any atom is -0.370 e. The molecule has 1 aromatic heterocycles. The summed E-state index contributed by atoms with van der Waals surface area (Å²) in [5.74, 6) is 0.549. The van der Waals surface area contributed by atoms with Gasteiger partial charge in [0.2, 0.25) is 0 Å². The lowest BCUT2D eigenvalue weighted by Gasteiger charge is -2.27. The standard InChI is InChI=1S/C15H24N4/c1-15(2,3)13-7-8-17-9-11(13)10-18-14(16)19-12-5-4-6-12/h7-9,12H,4-6,10H2,1-3H3,(H3,16,18,19). The van der Waals surface area contributed by atoms with Crippen molar-refractivity contribution < 1.29 is 0 Å². The Labute approximate surface area is 115 Å². The third-order valence-corrected chi connectivity index (χ3v) is 3.59. The van der Waals surface area contributed by atoms with Gasteiger partial charge in [0.25, 0.3) is 0 Å². The van der Waals surface area contributed by atoms with Crippen LogP contribution in [0, 0.1) is 0 Å². The average molecular weight is 260 g/mol. The van der Waals surface area contributed by atoms with Crippen molar-refractivity contribution in [2.75, 3.05) is 0 Å². The van der Waals surface area contributed by atoms with E-state index in [0.29, 0.717) is 18.5 Å². The summed E-state index contributed by atoms with van der Waals surface area (Å²) in [7, 11) is 0. The quantitative estimate of drug-likeness (QED) is 0.647. The Bertz CT molecular complexity index is 455. The summed E-state index contributed by atoms with van der Waals surface area (Å²) >= 11 is 0. The first-order valence-corrected chi connectivity index (χ1v) is 6.96. The highest BCUT2D eigenvalue weighted by atomic mass is 15.1. The molecule has 0 atom stereocenters. The van der Waals surface area contributed by atoms with Gasteiger partial charge in [-0.15, -0.1) is 0 Å². The monoisotopic (exact) mass is 260 g/mol. The second-order valence-electron chi connectivity index (χ2n) is 6.26. The largest absolute Gasteiger partial charge is 0.370 e. The second-order valence-corrected chi connectivity index (χ2v) is 6.26. The first kappa shape index (κ1) is 13.8. The SMILES string of the molecule is CC(C)(C)c1ccncc1CN=C(N)NC1CCC1. The van der Waals surface area contributed by atoms with Crippen LogP contribution in [-0.4, -0.2) is 17.0 Å². The molecule has 104 valence electrons. The Morgan fingerprint density at radius 1 is 1.47 bits per heavy atom. The molecule has 0 unspecified atom stereocenters. The van der Waals surface area contributed by atoms with E-state index in [-0.39, 0.29) is 5.41 Å². The molecule has 1 saturated carbocycles. The summed E-state index contributed by atoms with van der Waals surface area (Å²) < 4.78 is 0. The Balaban J connectivity index is 2.04. The molecule has 19 heavy (non-hydrogen) atoms. The van der Waals surface area contributed by atoms with Crippen molar-refractivity contribution in [3.8, 4) is 0 Å². The number of hydrogen-bond acceptors (Lipinski definition) is 2. The molecule has 0 aliphatic heterocycles. The van der Waals surface area contributed by atoms with Crippen LogP contribution in [0.25, 0.3) is 0 Å². The molecule has 4 nitrogen and oxygen atoms in total. The summed E-state index contributed by atoms with van der Waals surface area (Å²) in [5.41, 5.74) is 8.44. The van der Waals surface area contributed by atoms with Crippen LogP contribution < -0.4 is 11.1 Å². The van der Waals surface area contributed by atoms with E-state index in [2.05, 4.69) is 42.1 Å². The zero-order valence-electron chi connectivity index (χ0n) is 12.1. The predicted molar refractivity (Wildman–Crippen MR) is 79.0 cm³/mol. The van der Waals surface area contributed by atoms with Crippen LogP contribution in [0.3, 0.4) is 0 Å². The fourth-order valence-electron chi connectivity index (χ4n) is 2.26. The lowest BCUT2D eigenvalue weighted by molar-refractivity contribution is 0.382. The second kappa shape index (κ2) is 5.59. The summed E-state index contributed by atoms with van der Waals surface area (Å²) in [6.07, 6.45) is 7.43. The van der Waals surface area contributed by atoms with Crippen molar-refractivity contribution in [3.05, 3.63) is 29.6 Å². The molecule has 0 aromatic carbocycles. The van der Waals surface area contributed by atoms with Gasteiger partial charge in [-0.2, -0.15) is 0 Å². The van der Waals surface area contributed by atoms with Crippen molar-refractivity contribution in [3.63, 3.8) is 0 Å². The van der Waals surface area contributed by atoms with Gasteiger partial charge >= 0.3 is 0 Å². The first-order chi connectivity index (χ1) is 8.97. The number of hydrogen-bond donors (Lipinski definition) is 2. The maximum atomic E-state index is 5.91. The van der Waals surface area contributed by atoms with Crippen LogP contribution in [0.4, 0.5) is 0 Å².